The first kappa shape index (κ1) is 20.3. The van der Waals surface area contributed by atoms with E-state index in [9.17, 15) is 0 Å². The average molecular weight is 443 g/mol. The maximum Gasteiger partial charge on any atom is 0.194 e. The minimum absolute atomic E-state index is 0. The van der Waals surface area contributed by atoms with Crippen LogP contribution in [0.3, 0.4) is 0 Å². The Morgan fingerprint density at radius 2 is 2.14 bits per heavy atom. The summed E-state index contributed by atoms with van der Waals surface area (Å²) >= 11 is 1.88. The van der Waals surface area contributed by atoms with Crippen LogP contribution in [0, 0.1) is 0 Å². The van der Waals surface area contributed by atoms with Crippen molar-refractivity contribution in [3.63, 3.8) is 0 Å². The third kappa shape index (κ3) is 6.41. The fourth-order valence-corrected chi connectivity index (χ4v) is 3.23. The number of rotatable bonds is 6. The van der Waals surface area contributed by atoms with Gasteiger partial charge in [0.1, 0.15) is 6.10 Å². The average Bonchev–Trinajstić information content (AvgIpc) is 3.05. The molecule has 2 saturated heterocycles. The van der Waals surface area contributed by atoms with Crippen molar-refractivity contribution in [1.29, 1.82) is 0 Å². The fourth-order valence-electron chi connectivity index (χ4n) is 2.81. The third-order valence-electron chi connectivity index (χ3n) is 3.88. The highest BCUT2D eigenvalue weighted by molar-refractivity contribution is 14.0. The van der Waals surface area contributed by atoms with Crippen molar-refractivity contribution in [2.45, 2.75) is 38.4 Å². The summed E-state index contributed by atoms with van der Waals surface area (Å²) in [5.74, 6) is 2.20. The van der Waals surface area contributed by atoms with Crippen molar-refractivity contribution < 1.29 is 9.47 Å². The van der Waals surface area contributed by atoms with Gasteiger partial charge in [0.2, 0.25) is 0 Å². The third-order valence-corrected chi connectivity index (χ3v) is 4.57. The van der Waals surface area contributed by atoms with Crippen molar-refractivity contribution in [2.75, 3.05) is 51.4 Å². The first-order valence-electron chi connectivity index (χ1n) is 8.10. The van der Waals surface area contributed by atoms with Crippen LogP contribution in [0.15, 0.2) is 4.99 Å². The summed E-state index contributed by atoms with van der Waals surface area (Å²) in [7, 11) is 0. The van der Waals surface area contributed by atoms with Crippen molar-refractivity contribution in [3.8, 4) is 0 Å². The molecule has 0 aromatic carbocycles. The number of thioether (sulfide) groups is 1. The highest BCUT2D eigenvalue weighted by Gasteiger charge is 2.32. The smallest absolute Gasteiger partial charge is 0.194 e. The fraction of sp³-hybridized carbons (Fsp3) is 0.933. The zero-order valence-corrected chi connectivity index (χ0v) is 16.9. The molecule has 0 radical (unpaired) electrons. The van der Waals surface area contributed by atoms with Crippen LogP contribution in [0.1, 0.15) is 26.2 Å². The first-order valence-corrected chi connectivity index (χ1v) is 9.50. The first-order chi connectivity index (χ1) is 10.3. The van der Waals surface area contributed by atoms with E-state index in [0.29, 0.717) is 0 Å². The summed E-state index contributed by atoms with van der Waals surface area (Å²) < 4.78 is 11.7. The molecule has 2 atom stereocenters. The van der Waals surface area contributed by atoms with Crippen molar-refractivity contribution in [2.24, 2.45) is 4.99 Å². The van der Waals surface area contributed by atoms with E-state index in [1.54, 1.807) is 0 Å². The van der Waals surface area contributed by atoms with Crippen molar-refractivity contribution in [1.82, 2.24) is 10.2 Å². The predicted molar refractivity (Wildman–Crippen MR) is 105 cm³/mol. The summed E-state index contributed by atoms with van der Waals surface area (Å²) in [6.07, 6.45) is 6.02. The van der Waals surface area contributed by atoms with Crippen LogP contribution in [0.4, 0.5) is 0 Å². The zero-order chi connectivity index (χ0) is 14.9. The van der Waals surface area contributed by atoms with Crippen molar-refractivity contribution >= 4 is 41.7 Å². The van der Waals surface area contributed by atoms with Gasteiger partial charge in [0.05, 0.1) is 12.7 Å². The molecule has 0 bridgehead atoms. The van der Waals surface area contributed by atoms with E-state index in [4.69, 9.17) is 14.5 Å². The molecule has 5 nitrogen and oxygen atoms in total. The summed E-state index contributed by atoms with van der Waals surface area (Å²) in [6.45, 7) is 7.37. The highest BCUT2D eigenvalue weighted by Crippen LogP contribution is 2.21. The van der Waals surface area contributed by atoms with Gasteiger partial charge in [0.15, 0.2) is 5.96 Å². The normalized spacial score (nSPS) is 25.9. The Balaban J connectivity index is 0.00000242. The van der Waals surface area contributed by atoms with Crippen LogP contribution in [0.2, 0.25) is 0 Å². The number of morpholine rings is 1. The minimum atomic E-state index is 0. The molecule has 2 fully saturated rings. The van der Waals surface area contributed by atoms with Crippen LogP contribution in [0.5, 0.6) is 0 Å². The number of aliphatic imine (C=N–C) groups is 1. The topological polar surface area (TPSA) is 46.1 Å². The van der Waals surface area contributed by atoms with Gasteiger partial charge in [-0.05, 0) is 38.2 Å². The Labute approximate surface area is 156 Å². The predicted octanol–water partition coefficient (Wildman–Crippen LogP) is 2.20. The Morgan fingerprint density at radius 3 is 2.82 bits per heavy atom. The van der Waals surface area contributed by atoms with Gasteiger partial charge in [0, 0.05) is 32.8 Å². The number of hydrogen-bond donors (Lipinski definition) is 1. The molecular formula is C15H30IN3O2S. The SMILES string of the molecule is CCNC(=NCCCSC)N1CCOC(C2CCCO2)C1.I. The van der Waals surface area contributed by atoms with E-state index in [1.165, 1.54) is 5.75 Å². The number of hydrogen-bond acceptors (Lipinski definition) is 4. The molecule has 0 aromatic rings. The summed E-state index contributed by atoms with van der Waals surface area (Å²) in [5.41, 5.74) is 0. The van der Waals surface area contributed by atoms with Gasteiger partial charge < -0.3 is 19.7 Å². The molecule has 0 saturated carbocycles. The number of ether oxygens (including phenoxy) is 2. The minimum Gasteiger partial charge on any atom is -0.375 e. The molecule has 0 amide bonds. The molecule has 0 aromatic heterocycles. The van der Waals surface area contributed by atoms with E-state index in [2.05, 4.69) is 23.4 Å². The molecule has 2 aliphatic rings. The second-order valence-electron chi connectivity index (χ2n) is 5.49. The lowest BCUT2D eigenvalue weighted by molar-refractivity contribution is -0.0817. The lowest BCUT2D eigenvalue weighted by Gasteiger charge is -2.37. The second kappa shape index (κ2) is 11.8. The molecule has 2 aliphatic heterocycles. The maximum atomic E-state index is 5.91. The standard InChI is InChI=1S/C15H29N3O2S.HI/c1-3-16-15(17-7-5-11-21-2)18-8-10-20-14(12-18)13-6-4-9-19-13;/h13-14H,3-12H2,1-2H3,(H,16,17);1H. The monoisotopic (exact) mass is 443 g/mol. The van der Waals surface area contributed by atoms with Gasteiger partial charge in [-0.15, -0.1) is 24.0 Å². The van der Waals surface area contributed by atoms with Gasteiger partial charge in [-0.1, -0.05) is 0 Å². The largest absolute Gasteiger partial charge is 0.375 e. The molecule has 130 valence electrons. The van der Waals surface area contributed by atoms with E-state index >= 15 is 0 Å². The molecule has 2 heterocycles. The van der Waals surface area contributed by atoms with Crippen LogP contribution in [-0.4, -0.2) is 74.5 Å². The molecular weight excluding hydrogens is 413 g/mol. The summed E-state index contributed by atoms with van der Waals surface area (Å²) in [4.78, 5) is 7.09. The van der Waals surface area contributed by atoms with E-state index in [0.717, 1.165) is 64.6 Å². The van der Waals surface area contributed by atoms with Gasteiger partial charge in [0.25, 0.3) is 0 Å². The lowest BCUT2D eigenvalue weighted by Crippen LogP contribution is -2.53. The Hall–Kier alpha value is 0.270. The molecule has 7 heteroatoms. The summed E-state index contributed by atoms with van der Waals surface area (Å²) in [5, 5.41) is 3.41. The quantitative estimate of drug-likeness (QED) is 0.295. The van der Waals surface area contributed by atoms with Crippen LogP contribution >= 0.6 is 35.7 Å². The Kier molecular flexibility index (Phi) is 10.9. The van der Waals surface area contributed by atoms with Gasteiger partial charge in [-0.2, -0.15) is 11.8 Å². The molecule has 0 spiro atoms. The Bertz CT molecular complexity index is 328. The highest BCUT2D eigenvalue weighted by atomic mass is 127. The Morgan fingerprint density at radius 1 is 1.32 bits per heavy atom. The van der Waals surface area contributed by atoms with Crippen LogP contribution in [0.25, 0.3) is 0 Å². The molecule has 22 heavy (non-hydrogen) atoms. The number of nitrogens with one attached hydrogen (secondary N) is 1. The lowest BCUT2D eigenvalue weighted by atomic mass is 10.1. The molecule has 2 unspecified atom stereocenters. The number of guanidine groups is 1. The number of nitrogens with zero attached hydrogens (tertiary/aromatic N) is 2. The molecule has 2 rings (SSSR count). The second-order valence-corrected chi connectivity index (χ2v) is 6.47. The van der Waals surface area contributed by atoms with Gasteiger partial charge in [-0.25, -0.2) is 0 Å². The van der Waals surface area contributed by atoms with E-state index in [1.807, 2.05) is 11.8 Å². The van der Waals surface area contributed by atoms with E-state index in [-0.39, 0.29) is 36.2 Å². The summed E-state index contributed by atoms with van der Waals surface area (Å²) in [6, 6.07) is 0. The van der Waals surface area contributed by atoms with E-state index < -0.39 is 0 Å². The van der Waals surface area contributed by atoms with Crippen LogP contribution < -0.4 is 5.32 Å². The number of halogens is 1. The maximum absolute atomic E-state index is 5.91. The molecule has 1 N–H and O–H groups in total. The van der Waals surface area contributed by atoms with Gasteiger partial charge >= 0.3 is 0 Å². The van der Waals surface area contributed by atoms with Crippen LogP contribution in [-0.2, 0) is 9.47 Å². The zero-order valence-electron chi connectivity index (χ0n) is 13.8. The molecule has 0 aliphatic carbocycles. The van der Waals surface area contributed by atoms with Gasteiger partial charge in [-0.3, -0.25) is 4.99 Å². The van der Waals surface area contributed by atoms with Crippen molar-refractivity contribution in [3.05, 3.63) is 0 Å².